The van der Waals surface area contributed by atoms with E-state index in [0.717, 1.165) is 12.8 Å². The number of amides is 2. The molecule has 136 valence electrons. The molecular formula is C19H25ClN2O3. The van der Waals surface area contributed by atoms with Crippen LogP contribution in [-0.2, 0) is 9.53 Å². The van der Waals surface area contributed by atoms with Gasteiger partial charge in [0.2, 0.25) is 5.91 Å². The molecule has 1 atom stereocenters. The number of halogens is 1. The maximum Gasteiger partial charge on any atom is 0.253 e. The van der Waals surface area contributed by atoms with E-state index < -0.39 is 0 Å². The highest BCUT2D eigenvalue weighted by Gasteiger charge is 2.51. The minimum atomic E-state index is -0.193. The van der Waals surface area contributed by atoms with Gasteiger partial charge in [0.25, 0.3) is 5.91 Å². The zero-order valence-corrected chi connectivity index (χ0v) is 15.5. The summed E-state index contributed by atoms with van der Waals surface area (Å²) in [5.74, 6) is -0.214. The minimum Gasteiger partial charge on any atom is -0.381 e. The van der Waals surface area contributed by atoms with Crippen LogP contribution in [0.1, 0.15) is 37.0 Å². The fourth-order valence-electron chi connectivity index (χ4n) is 3.96. The number of nitrogens with one attached hydrogen (secondary N) is 1. The van der Waals surface area contributed by atoms with Gasteiger partial charge in [0.15, 0.2) is 0 Å². The highest BCUT2D eigenvalue weighted by atomic mass is 35.5. The second-order valence-electron chi connectivity index (χ2n) is 7.39. The number of hydrogen-bond acceptors (Lipinski definition) is 3. The van der Waals surface area contributed by atoms with Gasteiger partial charge in [-0.25, -0.2) is 0 Å². The third kappa shape index (κ3) is 3.82. The quantitative estimate of drug-likeness (QED) is 0.897. The molecule has 1 N–H and O–H groups in total. The number of likely N-dealkylation sites (tertiary alicyclic amines) is 1. The van der Waals surface area contributed by atoms with Crippen molar-refractivity contribution in [3.63, 3.8) is 0 Å². The predicted octanol–water partition coefficient (Wildman–Crippen LogP) is 2.73. The van der Waals surface area contributed by atoms with Crippen LogP contribution < -0.4 is 5.32 Å². The molecule has 2 heterocycles. The van der Waals surface area contributed by atoms with Gasteiger partial charge in [0.05, 0.1) is 5.92 Å². The van der Waals surface area contributed by atoms with Gasteiger partial charge >= 0.3 is 0 Å². The van der Waals surface area contributed by atoms with E-state index >= 15 is 0 Å². The number of nitrogens with zero attached hydrogens (tertiary/aromatic N) is 1. The third-order valence-corrected chi connectivity index (χ3v) is 5.48. The maximum atomic E-state index is 12.9. The van der Waals surface area contributed by atoms with E-state index in [9.17, 15) is 9.59 Å². The second kappa shape index (κ2) is 7.34. The van der Waals surface area contributed by atoms with Gasteiger partial charge in [0.1, 0.15) is 0 Å². The van der Waals surface area contributed by atoms with E-state index in [2.05, 4.69) is 5.32 Å². The third-order valence-electron chi connectivity index (χ3n) is 5.24. The largest absolute Gasteiger partial charge is 0.381 e. The van der Waals surface area contributed by atoms with Crippen molar-refractivity contribution in [1.82, 2.24) is 10.2 Å². The van der Waals surface area contributed by atoms with E-state index in [1.54, 1.807) is 24.3 Å². The fourth-order valence-corrected chi connectivity index (χ4v) is 4.15. The number of rotatable bonds is 3. The molecule has 0 bridgehead atoms. The molecule has 2 aliphatic rings. The molecule has 2 fully saturated rings. The average Bonchev–Trinajstić information content (AvgIpc) is 2.93. The Morgan fingerprint density at radius 2 is 2.04 bits per heavy atom. The van der Waals surface area contributed by atoms with Crippen molar-refractivity contribution in [2.24, 2.45) is 11.3 Å². The van der Waals surface area contributed by atoms with Gasteiger partial charge in [-0.1, -0.05) is 17.7 Å². The Morgan fingerprint density at radius 3 is 2.68 bits per heavy atom. The second-order valence-corrected chi connectivity index (χ2v) is 7.82. The molecule has 1 aromatic carbocycles. The van der Waals surface area contributed by atoms with Gasteiger partial charge in [-0.2, -0.15) is 0 Å². The zero-order valence-electron chi connectivity index (χ0n) is 14.8. The van der Waals surface area contributed by atoms with Gasteiger partial charge in [0, 0.05) is 48.3 Å². The average molecular weight is 365 g/mol. The lowest BCUT2D eigenvalue weighted by Gasteiger charge is -2.37. The van der Waals surface area contributed by atoms with E-state index in [4.69, 9.17) is 16.3 Å². The lowest BCUT2D eigenvalue weighted by molar-refractivity contribution is -0.130. The van der Waals surface area contributed by atoms with Crippen LogP contribution in [0.2, 0.25) is 5.02 Å². The molecule has 2 saturated heterocycles. The van der Waals surface area contributed by atoms with Crippen LogP contribution in [0.3, 0.4) is 0 Å². The summed E-state index contributed by atoms with van der Waals surface area (Å²) in [6.07, 6.45) is 1.62. The maximum absolute atomic E-state index is 12.9. The van der Waals surface area contributed by atoms with Gasteiger partial charge < -0.3 is 15.0 Å². The molecule has 0 aromatic heterocycles. The van der Waals surface area contributed by atoms with Gasteiger partial charge in [-0.3, -0.25) is 9.59 Å². The van der Waals surface area contributed by atoms with Crippen molar-refractivity contribution < 1.29 is 14.3 Å². The van der Waals surface area contributed by atoms with E-state index in [-0.39, 0.29) is 29.2 Å². The lowest BCUT2D eigenvalue weighted by atomic mass is 9.71. The first-order valence-electron chi connectivity index (χ1n) is 8.84. The Hall–Kier alpha value is -1.59. The molecule has 2 amide bonds. The fraction of sp³-hybridized carbons (Fsp3) is 0.579. The van der Waals surface area contributed by atoms with E-state index in [1.807, 2.05) is 18.7 Å². The lowest BCUT2D eigenvalue weighted by Crippen LogP contribution is -2.46. The van der Waals surface area contributed by atoms with Crippen LogP contribution in [0.25, 0.3) is 0 Å². The number of hydrogen-bond donors (Lipinski definition) is 1. The Morgan fingerprint density at radius 1 is 1.32 bits per heavy atom. The van der Waals surface area contributed by atoms with Crippen molar-refractivity contribution in [3.05, 3.63) is 34.9 Å². The number of carbonyl (C=O) groups is 2. The monoisotopic (exact) mass is 364 g/mol. The molecule has 1 unspecified atom stereocenters. The number of benzene rings is 1. The summed E-state index contributed by atoms with van der Waals surface area (Å²) in [6.45, 7) is 6.24. The van der Waals surface area contributed by atoms with E-state index in [0.29, 0.717) is 36.9 Å². The van der Waals surface area contributed by atoms with Crippen molar-refractivity contribution in [3.8, 4) is 0 Å². The summed E-state index contributed by atoms with van der Waals surface area (Å²) in [5.41, 5.74) is 0.380. The van der Waals surface area contributed by atoms with Crippen molar-refractivity contribution in [2.75, 3.05) is 26.3 Å². The standard InChI is InChI=1S/C19H25ClN2O3/c1-13(2)21-17(23)16-11-22(12-19(16)6-8-25-9-7-19)18(24)14-4-3-5-15(20)10-14/h3-5,10,13,16H,6-9,11-12H2,1-2H3,(H,21,23). The highest BCUT2D eigenvalue weighted by molar-refractivity contribution is 6.30. The van der Waals surface area contributed by atoms with Gasteiger partial charge in [-0.15, -0.1) is 0 Å². The van der Waals surface area contributed by atoms with Crippen LogP contribution in [0, 0.1) is 11.3 Å². The molecule has 0 aliphatic carbocycles. The Kier molecular flexibility index (Phi) is 5.35. The number of ether oxygens (including phenoxy) is 1. The Labute approximate surface area is 153 Å². The minimum absolute atomic E-state index is 0.0401. The highest BCUT2D eigenvalue weighted by Crippen LogP contribution is 2.44. The first kappa shape index (κ1) is 18.2. The normalized spacial score (nSPS) is 22.4. The molecule has 2 aliphatic heterocycles. The molecule has 25 heavy (non-hydrogen) atoms. The van der Waals surface area contributed by atoms with Crippen LogP contribution in [0.4, 0.5) is 0 Å². The van der Waals surface area contributed by atoms with Crippen molar-refractivity contribution in [1.29, 1.82) is 0 Å². The first-order valence-corrected chi connectivity index (χ1v) is 9.22. The summed E-state index contributed by atoms with van der Waals surface area (Å²) in [5, 5.41) is 3.57. The smallest absolute Gasteiger partial charge is 0.253 e. The summed E-state index contributed by atoms with van der Waals surface area (Å²) in [7, 11) is 0. The summed E-state index contributed by atoms with van der Waals surface area (Å²) in [4.78, 5) is 27.5. The summed E-state index contributed by atoms with van der Waals surface area (Å²) in [6, 6.07) is 7.07. The molecule has 5 nitrogen and oxygen atoms in total. The van der Waals surface area contributed by atoms with Gasteiger partial charge in [-0.05, 0) is 44.9 Å². The molecule has 0 saturated carbocycles. The summed E-state index contributed by atoms with van der Waals surface area (Å²) >= 11 is 6.02. The van der Waals surface area contributed by atoms with Crippen LogP contribution in [-0.4, -0.2) is 49.1 Å². The molecule has 1 aromatic rings. The van der Waals surface area contributed by atoms with Crippen LogP contribution >= 0.6 is 11.6 Å². The summed E-state index contributed by atoms with van der Waals surface area (Å²) < 4.78 is 5.51. The SMILES string of the molecule is CC(C)NC(=O)C1CN(C(=O)c2cccc(Cl)c2)CC12CCOCC2. The molecule has 6 heteroatoms. The molecule has 3 rings (SSSR count). The molecule has 0 radical (unpaired) electrons. The number of carbonyl (C=O) groups excluding carboxylic acids is 2. The van der Waals surface area contributed by atoms with Crippen molar-refractivity contribution >= 4 is 23.4 Å². The Balaban J connectivity index is 1.83. The molecular weight excluding hydrogens is 340 g/mol. The molecule has 1 spiro atoms. The predicted molar refractivity (Wildman–Crippen MR) is 96.6 cm³/mol. The Bertz CT molecular complexity index is 656. The topological polar surface area (TPSA) is 58.6 Å². The van der Waals surface area contributed by atoms with Crippen molar-refractivity contribution in [2.45, 2.75) is 32.7 Å². The van der Waals surface area contributed by atoms with Crippen LogP contribution in [0.15, 0.2) is 24.3 Å². The van der Waals surface area contributed by atoms with E-state index in [1.165, 1.54) is 0 Å². The van der Waals surface area contributed by atoms with Crippen LogP contribution in [0.5, 0.6) is 0 Å². The zero-order chi connectivity index (χ0) is 18.0. The first-order chi connectivity index (χ1) is 11.9.